The van der Waals surface area contributed by atoms with E-state index >= 15 is 0 Å². The third kappa shape index (κ3) is 29.3. The Morgan fingerprint density at radius 3 is 1.52 bits per heavy atom. The van der Waals surface area contributed by atoms with E-state index in [-0.39, 0.29) is 32.3 Å². The quantitative estimate of drug-likeness (QED) is 0.0261. The van der Waals surface area contributed by atoms with Crippen LogP contribution >= 0.6 is 0 Å². The number of benzene rings is 1. The fourth-order valence-electron chi connectivity index (χ4n) is 4.40. The first kappa shape index (κ1) is 52.0. The molecule has 21 nitrogen and oxygen atoms in total. The normalized spacial score (nSPS) is 12.1. The summed E-state index contributed by atoms with van der Waals surface area (Å²) >= 11 is 0. The van der Waals surface area contributed by atoms with Crippen molar-refractivity contribution in [1.82, 2.24) is 16.0 Å². The smallest absolute Gasteiger partial charge is 0.246 e. The first-order chi connectivity index (χ1) is 28.2. The summed E-state index contributed by atoms with van der Waals surface area (Å²) in [5.74, 6) is -2.32. The summed E-state index contributed by atoms with van der Waals surface area (Å²) in [5.41, 5.74) is 9.35. The number of hydrogen-bond acceptors (Lipinski definition) is 15. The fourth-order valence-corrected chi connectivity index (χ4v) is 4.40. The van der Waals surface area contributed by atoms with E-state index in [1.54, 1.807) is 38.1 Å². The molecular formula is C37H63N7O14. The Bertz CT molecular complexity index is 1290. The summed E-state index contributed by atoms with van der Waals surface area (Å²) in [5, 5.41) is 23.0. The Balaban J connectivity index is 1.93. The van der Waals surface area contributed by atoms with Crippen molar-refractivity contribution in [3.8, 4) is 0 Å². The third-order valence-corrected chi connectivity index (χ3v) is 7.46. The molecule has 0 heterocycles. The minimum absolute atomic E-state index is 0.118. The van der Waals surface area contributed by atoms with Crippen LogP contribution in [-0.2, 0) is 68.4 Å². The number of amides is 4. The summed E-state index contributed by atoms with van der Waals surface area (Å²) in [6.45, 7) is 11.2. The molecule has 0 spiro atoms. The van der Waals surface area contributed by atoms with Crippen LogP contribution in [0, 0.1) is 5.92 Å². The van der Waals surface area contributed by atoms with Crippen LogP contribution in [0.25, 0.3) is 10.4 Å². The van der Waals surface area contributed by atoms with Crippen LogP contribution in [0.15, 0.2) is 29.4 Å². The van der Waals surface area contributed by atoms with Crippen molar-refractivity contribution in [3.05, 3.63) is 40.3 Å². The van der Waals surface area contributed by atoms with E-state index in [1.165, 1.54) is 6.92 Å². The molecule has 4 amide bonds. The topological polar surface area (TPSA) is 268 Å². The molecule has 1 aromatic carbocycles. The minimum Gasteiger partial charge on any atom is -0.392 e. The number of anilines is 1. The second-order valence-electron chi connectivity index (χ2n) is 12.6. The molecular weight excluding hydrogens is 766 g/mol. The number of nitrogens with zero attached hydrogens (tertiary/aromatic N) is 3. The number of hydrogen-bond donors (Lipinski definition) is 5. The maximum Gasteiger partial charge on any atom is 0.246 e. The summed E-state index contributed by atoms with van der Waals surface area (Å²) < 4.78 is 48.4. The number of azide groups is 1. The Morgan fingerprint density at radius 1 is 0.621 bits per heavy atom. The number of aliphatic hydroxyl groups excluding tert-OH is 1. The van der Waals surface area contributed by atoms with E-state index in [4.69, 9.17) is 53.3 Å². The average molecular weight is 830 g/mol. The van der Waals surface area contributed by atoms with Crippen molar-refractivity contribution in [2.45, 2.75) is 39.5 Å². The molecule has 0 saturated heterocycles. The van der Waals surface area contributed by atoms with Gasteiger partial charge in [-0.15, -0.1) is 0 Å². The van der Waals surface area contributed by atoms with E-state index < -0.39 is 42.3 Å². The molecule has 1 aromatic rings. The van der Waals surface area contributed by atoms with Crippen LogP contribution in [0.3, 0.4) is 0 Å². The van der Waals surface area contributed by atoms with E-state index in [2.05, 4.69) is 31.3 Å². The van der Waals surface area contributed by atoms with Crippen molar-refractivity contribution >= 4 is 29.3 Å². The second-order valence-corrected chi connectivity index (χ2v) is 12.6. The number of ether oxygens (including phenoxy) is 9. The highest BCUT2D eigenvalue weighted by atomic mass is 16.6. The Hall–Kier alpha value is -3.99. The van der Waals surface area contributed by atoms with Crippen LogP contribution in [0.4, 0.5) is 5.69 Å². The van der Waals surface area contributed by atoms with Gasteiger partial charge in [0.05, 0.1) is 112 Å². The van der Waals surface area contributed by atoms with Crippen molar-refractivity contribution in [2.24, 2.45) is 11.0 Å². The molecule has 330 valence electrons. The second kappa shape index (κ2) is 36.1. The molecule has 0 unspecified atom stereocenters. The molecule has 1 rings (SSSR count). The average Bonchev–Trinajstić information content (AvgIpc) is 3.21. The lowest BCUT2D eigenvalue weighted by Gasteiger charge is -2.23. The zero-order valence-electron chi connectivity index (χ0n) is 34.0. The van der Waals surface area contributed by atoms with Gasteiger partial charge in [-0.1, -0.05) is 31.1 Å². The van der Waals surface area contributed by atoms with Gasteiger partial charge < -0.3 is 69.0 Å². The number of carbonyl (C=O) groups is 4. The zero-order valence-corrected chi connectivity index (χ0v) is 34.0. The predicted octanol–water partition coefficient (Wildman–Crippen LogP) is 0.339. The molecule has 0 aromatic heterocycles. The SMILES string of the molecule is CC(C)[C@H](NC(=O)COCC(=O)NCCOCCOCCOCCOCCOCCOCCOCCOCCN=[N+]=[N-])C(=O)N[C@@H](C)C(=O)Nc1ccc(CO)cc1. The third-order valence-electron chi connectivity index (χ3n) is 7.46. The Labute approximate surface area is 340 Å². The van der Waals surface area contributed by atoms with Crippen molar-refractivity contribution in [3.63, 3.8) is 0 Å². The molecule has 21 heteroatoms. The van der Waals surface area contributed by atoms with Crippen molar-refractivity contribution < 1.29 is 66.9 Å². The van der Waals surface area contributed by atoms with Gasteiger partial charge in [0.25, 0.3) is 0 Å². The van der Waals surface area contributed by atoms with Crippen LogP contribution in [0.5, 0.6) is 0 Å². The van der Waals surface area contributed by atoms with Gasteiger partial charge in [0.2, 0.25) is 23.6 Å². The van der Waals surface area contributed by atoms with Crippen LogP contribution in [0.2, 0.25) is 0 Å². The summed E-state index contributed by atoms with van der Waals surface area (Å²) in [6, 6.07) is 4.79. The van der Waals surface area contributed by atoms with Gasteiger partial charge in [0, 0.05) is 23.7 Å². The Morgan fingerprint density at radius 2 is 1.07 bits per heavy atom. The van der Waals surface area contributed by atoms with Gasteiger partial charge in [-0.3, -0.25) is 19.2 Å². The van der Waals surface area contributed by atoms with E-state index in [1.807, 2.05) is 0 Å². The maximum absolute atomic E-state index is 12.9. The van der Waals surface area contributed by atoms with Gasteiger partial charge in [0.15, 0.2) is 0 Å². The largest absolute Gasteiger partial charge is 0.392 e. The zero-order chi connectivity index (χ0) is 42.5. The van der Waals surface area contributed by atoms with Gasteiger partial charge in [-0.25, -0.2) is 0 Å². The molecule has 5 N–H and O–H groups in total. The lowest BCUT2D eigenvalue weighted by Crippen LogP contribution is -2.54. The molecule has 0 aliphatic heterocycles. The first-order valence-corrected chi connectivity index (χ1v) is 19.3. The van der Waals surface area contributed by atoms with Crippen LogP contribution < -0.4 is 21.3 Å². The molecule has 0 aliphatic rings. The minimum atomic E-state index is -0.937. The van der Waals surface area contributed by atoms with E-state index in [0.29, 0.717) is 117 Å². The lowest BCUT2D eigenvalue weighted by molar-refractivity contribution is -0.135. The maximum atomic E-state index is 12.9. The van der Waals surface area contributed by atoms with Crippen molar-refractivity contribution in [1.29, 1.82) is 0 Å². The molecule has 58 heavy (non-hydrogen) atoms. The van der Waals surface area contributed by atoms with Gasteiger partial charge in [-0.2, -0.15) is 0 Å². The first-order valence-electron chi connectivity index (χ1n) is 19.3. The van der Waals surface area contributed by atoms with E-state index in [9.17, 15) is 19.2 Å². The predicted molar refractivity (Wildman–Crippen MR) is 210 cm³/mol. The molecule has 2 atom stereocenters. The summed E-state index contributed by atoms with van der Waals surface area (Å²) in [7, 11) is 0. The molecule has 0 fully saturated rings. The van der Waals surface area contributed by atoms with Gasteiger partial charge >= 0.3 is 0 Å². The molecule has 0 radical (unpaired) electrons. The highest BCUT2D eigenvalue weighted by molar-refractivity contribution is 5.98. The summed E-state index contributed by atoms with van der Waals surface area (Å²) in [4.78, 5) is 52.5. The highest BCUT2D eigenvalue weighted by Gasteiger charge is 2.27. The van der Waals surface area contributed by atoms with E-state index in [0.717, 1.165) is 0 Å². The molecule has 0 saturated carbocycles. The number of nitrogens with one attached hydrogen (secondary N) is 4. The molecule has 0 bridgehead atoms. The summed E-state index contributed by atoms with van der Waals surface area (Å²) in [6.07, 6.45) is 0. The highest BCUT2D eigenvalue weighted by Crippen LogP contribution is 2.10. The monoisotopic (exact) mass is 829 g/mol. The lowest BCUT2D eigenvalue weighted by atomic mass is 10.0. The standard InChI is InChI=1S/C37H63N7O14/c1-29(2)35(37(49)41-30(3)36(48)42-32-6-4-31(26-45)5-7-32)43-34(47)28-58-27-33(46)39-8-10-50-12-14-52-16-18-54-20-22-56-24-25-57-23-21-55-19-17-53-15-13-51-11-9-40-44-38/h4-7,29-30,35,45H,8-28H2,1-3H3,(H,39,46)(H,41,49)(H,42,48)(H,43,47)/t30-,35-/m0/s1. The van der Waals surface area contributed by atoms with Gasteiger partial charge in [0.1, 0.15) is 25.3 Å². The van der Waals surface area contributed by atoms with Crippen LogP contribution in [-0.4, -0.2) is 173 Å². The van der Waals surface area contributed by atoms with Crippen LogP contribution in [0.1, 0.15) is 26.3 Å². The molecule has 0 aliphatic carbocycles. The number of carbonyl (C=O) groups excluding carboxylic acids is 4. The fraction of sp³-hybridized carbons (Fsp3) is 0.730. The van der Waals surface area contributed by atoms with Crippen molar-refractivity contribution in [2.75, 3.05) is 137 Å². The number of rotatable bonds is 38. The number of aliphatic hydroxyl groups is 1. The van der Waals surface area contributed by atoms with Gasteiger partial charge in [-0.05, 0) is 36.1 Å². The Kier molecular flexibility index (Phi) is 32.4.